The van der Waals surface area contributed by atoms with Crippen LogP contribution in [0.2, 0.25) is 0 Å². The van der Waals surface area contributed by atoms with E-state index in [0.717, 1.165) is 10.6 Å². The molecule has 0 spiro atoms. The molecule has 0 aromatic heterocycles. The maximum atomic E-state index is 12.2. The van der Waals surface area contributed by atoms with E-state index in [1.54, 1.807) is 41.3 Å². The summed E-state index contributed by atoms with van der Waals surface area (Å²) in [6, 6.07) is 6.00. The Morgan fingerprint density at radius 1 is 1.25 bits per heavy atom. The summed E-state index contributed by atoms with van der Waals surface area (Å²) >= 11 is 0. The number of ether oxygens (including phenoxy) is 1. The second-order valence-corrected chi connectivity index (χ2v) is 5.44. The van der Waals surface area contributed by atoms with Gasteiger partial charge in [-0.1, -0.05) is 12.2 Å². The number of benzene rings is 1. The molecular weight excluding hydrogens is 314 g/mol. The molecule has 0 aliphatic carbocycles. The van der Waals surface area contributed by atoms with Crippen LogP contribution >= 0.6 is 0 Å². The Morgan fingerprint density at radius 2 is 2.00 bits per heavy atom. The van der Waals surface area contributed by atoms with Gasteiger partial charge in [-0.05, 0) is 24.3 Å². The topological polar surface area (TPSA) is 99.2 Å². The van der Waals surface area contributed by atoms with Crippen LogP contribution in [0.25, 0.3) is 0 Å². The number of amides is 3. The lowest BCUT2D eigenvalue weighted by Gasteiger charge is -2.27. The Kier molecular flexibility index (Phi) is 4.48. The minimum atomic E-state index is -1.14. The van der Waals surface area contributed by atoms with Crippen molar-refractivity contribution in [3.63, 3.8) is 0 Å². The van der Waals surface area contributed by atoms with E-state index in [4.69, 9.17) is 9.84 Å². The van der Waals surface area contributed by atoms with E-state index in [0.29, 0.717) is 18.8 Å². The molecular formula is C16H17N3O5. The zero-order valence-electron chi connectivity index (χ0n) is 12.8. The van der Waals surface area contributed by atoms with E-state index in [2.05, 4.69) is 5.32 Å². The summed E-state index contributed by atoms with van der Waals surface area (Å²) in [5.41, 5.74) is 1.27. The Morgan fingerprint density at radius 3 is 2.67 bits per heavy atom. The lowest BCUT2D eigenvalue weighted by atomic mass is 10.2. The number of carbonyl (C=O) groups is 3. The van der Waals surface area contributed by atoms with Crippen molar-refractivity contribution in [1.82, 2.24) is 4.90 Å². The van der Waals surface area contributed by atoms with Crippen LogP contribution < -0.4 is 10.2 Å². The van der Waals surface area contributed by atoms with Gasteiger partial charge in [0.05, 0.1) is 6.61 Å². The highest BCUT2D eigenvalue weighted by atomic mass is 16.5. The number of nitrogens with one attached hydrogen (secondary N) is 1. The zero-order chi connectivity index (χ0) is 17.1. The summed E-state index contributed by atoms with van der Waals surface area (Å²) in [4.78, 5) is 37.8. The fraction of sp³-hybridized carbons (Fsp3) is 0.312. The first kappa shape index (κ1) is 16.0. The number of hydrogen-bond acceptors (Lipinski definition) is 4. The largest absolute Gasteiger partial charge is 0.465 e. The molecule has 8 nitrogen and oxygen atoms in total. The molecule has 24 heavy (non-hydrogen) atoms. The normalized spacial score (nSPS) is 20.3. The van der Waals surface area contributed by atoms with Gasteiger partial charge in [0.25, 0.3) is 11.8 Å². The molecule has 1 aromatic rings. The standard InChI is InChI=1S/C16H17N3O5/c20-14-10-24-9-8-18(14)12-5-3-11(4-6-12)17-15(21)13-2-1-7-19(13)16(22)23/h1-6,13H,7-10H2,(H,17,21)(H,22,23)/t13-/m1/s1. The van der Waals surface area contributed by atoms with Crippen LogP contribution in [0.5, 0.6) is 0 Å². The van der Waals surface area contributed by atoms with Crippen molar-refractivity contribution < 1.29 is 24.2 Å². The molecule has 126 valence electrons. The molecule has 3 rings (SSSR count). The van der Waals surface area contributed by atoms with Crippen LogP contribution in [-0.4, -0.2) is 60.3 Å². The average Bonchev–Trinajstić information content (AvgIpc) is 3.06. The van der Waals surface area contributed by atoms with Gasteiger partial charge in [-0.2, -0.15) is 0 Å². The monoisotopic (exact) mass is 331 g/mol. The highest BCUT2D eigenvalue weighted by molar-refractivity contribution is 5.99. The van der Waals surface area contributed by atoms with Crippen LogP contribution in [0.3, 0.4) is 0 Å². The van der Waals surface area contributed by atoms with E-state index in [9.17, 15) is 14.4 Å². The van der Waals surface area contributed by atoms with Gasteiger partial charge in [-0.15, -0.1) is 0 Å². The lowest BCUT2D eigenvalue weighted by Crippen LogP contribution is -2.42. The first-order valence-electron chi connectivity index (χ1n) is 7.51. The van der Waals surface area contributed by atoms with Gasteiger partial charge in [0.15, 0.2) is 0 Å². The summed E-state index contributed by atoms with van der Waals surface area (Å²) in [6.45, 7) is 1.25. The number of hydrogen-bond donors (Lipinski definition) is 2. The number of anilines is 2. The Hall–Kier alpha value is -2.87. The van der Waals surface area contributed by atoms with E-state index >= 15 is 0 Å². The molecule has 1 saturated heterocycles. The number of carboxylic acid groups (broad SMARTS) is 1. The Bertz CT molecular complexity index is 685. The number of morpholine rings is 1. The van der Waals surface area contributed by atoms with E-state index in [1.165, 1.54) is 0 Å². The molecule has 1 aromatic carbocycles. The van der Waals surface area contributed by atoms with Crippen molar-refractivity contribution in [3.8, 4) is 0 Å². The van der Waals surface area contributed by atoms with Gasteiger partial charge in [0.1, 0.15) is 12.6 Å². The molecule has 0 unspecified atom stereocenters. The first-order chi connectivity index (χ1) is 11.6. The summed E-state index contributed by atoms with van der Waals surface area (Å²) in [7, 11) is 0. The third kappa shape index (κ3) is 3.23. The Labute approximate surface area is 138 Å². The number of rotatable bonds is 3. The molecule has 0 saturated carbocycles. The zero-order valence-corrected chi connectivity index (χ0v) is 12.8. The molecule has 2 N–H and O–H groups in total. The third-order valence-electron chi connectivity index (χ3n) is 3.90. The predicted molar refractivity (Wildman–Crippen MR) is 85.9 cm³/mol. The highest BCUT2D eigenvalue weighted by Gasteiger charge is 2.30. The van der Waals surface area contributed by atoms with Crippen molar-refractivity contribution in [2.24, 2.45) is 0 Å². The molecule has 2 heterocycles. The van der Waals surface area contributed by atoms with Gasteiger partial charge in [-0.25, -0.2) is 4.79 Å². The van der Waals surface area contributed by atoms with Crippen LogP contribution in [0, 0.1) is 0 Å². The smallest absolute Gasteiger partial charge is 0.408 e. The summed E-state index contributed by atoms with van der Waals surface area (Å²) in [5.74, 6) is -0.521. The third-order valence-corrected chi connectivity index (χ3v) is 3.90. The molecule has 0 radical (unpaired) electrons. The van der Waals surface area contributed by atoms with Gasteiger partial charge in [-0.3, -0.25) is 14.5 Å². The molecule has 3 amide bonds. The lowest BCUT2D eigenvalue weighted by molar-refractivity contribution is -0.125. The summed E-state index contributed by atoms with van der Waals surface area (Å²) in [5, 5.41) is 11.7. The SMILES string of the molecule is O=C(Nc1ccc(N2CCOCC2=O)cc1)[C@H]1C=CCN1C(=O)O. The second-order valence-electron chi connectivity index (χ2n) is 5.44. The Balaban J connectivity index is 1.66. The van der Waals surface area contributed by atoms with Gasteiger partial charge in [0.2, 0.25) is 0 Å². The maximum absolute atomic E-state index is 12.2. The van der Waals surface area contributed by atoms with Crippen molar-refractivity contribution in [2.75, 3.05) is 36.5 Å². The fourth-order valence-corrected chi connectivity index (χ4v) is 2.68. The minimum absolute atomic E-state index is 0.0670. The molecule has 2 aliphatic heterocycles. The van der Waals surface area contributed by atoms with Crippen LogP contribution in [-0.2, 0) is 14.3 Å². The first-order valence-corrected chi connectivity index (χ1v) is 7.51. The van der Waals surface area contributed by atoms with Gasteiger partial charge >= 0.3 is 6.09 Å². The predicted octanol–water partition coefficient (Wildman–Crippen LogP) is 0.907. The van der Waals surface area contributed by atoms with Crippen molar-refractivity contribution in [1.29, 1.82) is 0 Å². The molecule has 1 fully saturated rings. The fourth-order valence-electron chi connectivity index (χ4n) is 2.68. The van der Waals surface area contributed by atoms with E-state index in [1.807, 2.05) is 0 Å². The quantitative estimate of drug-likeness (QED) is 0.802. The molecule has 8 heteroatoms. The second kappa shape index (κ2) is 6.71. The van der Waals surface area contributed by atoms with Crippen molar-refractivity contribution >= 4 is 29.3 Å². The van der Waals surface area contributed by atoms with E-state index in [-0.39, 0.29) is 19.1 Å². The van der Waals surface area contributed by atoms with Crippen LogP contribution in [0.15, 0.2) is 36.4 Å². The van der Waals surface area contributed by atoms with Gasteiger partial charge in [0, 0.05) is 24.5 Å². The van der Waals surface area contributed by atoms with Crippen LogP contribution in [0.1, 0.15) is 0 Å². The average molecular weight is 331 g/mol. The van der Waals surface area contributed by atoms with Gasteiger partial charge < -0.3 is 20.1 Å². The summed E-state index contributed by atoms with van der Waals surface area (Å²) < 4.78 is 5.09. The number of carbonyl (C=O) groups excluding carboxylic acids is 2. The highest BCUT2D eigenvalue weighted by Crippen LogP contribution is 2.20. The molecule has 2 aliphatic rings. The summed E-state index contributed by atoms with van der Waals surface area (Å²) in [6.07, 6.45) is 2.07. The van der Waals surface area contributed by atoms with E-state index < -0.39 is 18.0 Å². The van der Waals surface area contributed by atoms with Crippen molar-refractivity contribution in [2.45, 2.75) is 6.04 Å². The van der Waals surface area contributed by atoms with Crippen molar-refractivity contribution in [3.05, 3.63) is 36.4 Å². The number of nitrogens with zero attached hydrogens (tertiary/aromatic N) is 2. The minimum Gasteiger partial charge on any atom is -0.465 e. The van der Waals surface area contributed by atoms with Crippen LogP contribution in [0.4, 0.5) is 16.2 Å². The molecule has 0 bridgehead atoms. The molecule has 1 atom stereocenters. The maximum Gasteiger partial charge on any atom is 0.408 e.